The molecule has 3 nitrogen and oxygen atoms in total. The molecule has 1 aromatic carbocycles. The molecular formula is C15H27N3. The Bertz CT molecular complexity index is 311. The second kappa shape index (κ2) is 8.25. The first-order valence-electron chi connectivity index (χ1n) is 6.75. The van der Waals surface area contributed by atoms with Crippen LogP contribution in [0.4, 0.5) is 0 Å². The molecule has 2 atom stereocenters. The number of nitrogens with zero attached hydrogens (tertiary/aromatic N) is 1. The van der Waals surface area contributed by atoms with Gasteiger partial charge in [0.25, 0.3) is 0 Å². The molecule has 3 heteroatoms. The van der Waals surface area contributed by atoms with Gasteiger partial charge in [-0.2, -0.15) is 0 Å². The Labute approximate surface area is 112 Å². The highest BCUT2D eigenvalue weighted by molar-refractivity contribution is 5.15. The molecule has 0 aliphatic rings. The van der Waals surface area contributed by atoms with Crippen LogP contribution in [-0.2, 0) is 6.42 Å². The molecule has 2 N–H and O–H groups in total. The zero-order valence-corrected chi connectivity index (χ0v) is 12.1. The van der Waals surface area contributed by atoms with Gasteiger partial charge >= 0.3 is 0 Å². The molecule has 0 heterocycles. The zero-order chi connectivity index (χ0) is 13.4. The fraction of sp³-hybridized carbons (Fsp3) is 0.600. The summed E-state index contributed by atoms with van der Waals surface area (Å²) >= 11 is 0. The summed E-state index contributed by atoms with van der Waals surface area (Å²) in [6.45, 7) is 6.58. The Balaban J connectivity index is 2.16. The molecule has 0 radical (unpaired) electrons. The lowest BCUT2D eigenvalue weighted by atomic mass is 10.1. The highest BCUT2D eigenvalue weighted by atomic mass is 15.4. The summed E-state index contributed by atoms with van der Waals surface area (Å²) in [6, 6.07) is 11.0. The molecule has 0 unspecified atom stereocenters. The van der Waals surface area contributed by atoms with Crippen molar-refractivity contribution in [2.45, 2.75) is 26.3 Å². The van der Waals surface area contributed by atoms with Gasteiger partial charge in [-0.25, -0.2) is 0 Å². The minimum Gasteiger partial charge on any atom is -0.309 e. The number of hydrogen-bond donors (Lipinski definition) is 2. The van der Waals surface area contributed by atoms with E-state index in [1.165, 1.54) is 5.56 Å². The maximum absolute atomic E-state index is 3.37. The quantitative estimate of drug-likeness (QED) is 0.689. The Morgan fingerprint density at radius 1 is 1.11 bits per heavy atom. The lowest BCUT2D eigenvalue weighted by molar-refractivity contribution is 0.312. The third kappa shape index (κ3) is 6.74. The topological polar surface area (TPSA) is 27.3 Å². The number of benzene rings is 1. The fourth-order valence-electron chi connectivity index (χ4n) is 2.11. The van der Waals surface area contributed by atoms with Crippen LogP contribution in [0.3, 0.4) is 0 Å². The van der Waals surface area contributed by atoms with Gasteiger partial charge < -0.3 is 4.90 Å². The summed E-state index contributed by atoms with van der Waals surface area (Å²) in [5.41, 5.74) is 8.08. The van der Waals surface area contributed by atoms with Gasteiger partial charge in [-0.15, -0.1) is 0 Å². The molecule has 0 bridgehead atoms. The molecule has 1 aromatic rings. The van der Waals surface area contributed by atoms with E-state index in [0.717, 1.165) is 19.5 Å². The van der Waals surface area contributed by atoms with E-state index < -0.39 is 0 Å². The molecule has 0 saturated heterocycles. The van der Waals surface area contributed by atoms with E-state index in [-0.39, 0.29) is 0 Å². The van der Waals surface area contributed by atoms with E-state index in [2.05, 4.69) is 74.0 Å². The highest BCUT2D eigenvalue weighted by Crippen LogP contribution is 2.02. The average Bonchev–Trinajstić information content (AvgIpc) is 2.29. The van der Waals surface area contributed by atoms with Crippen molar-refractivity contribution < 1.29 is 0 Å². The van der Waals surface area contributed by atoms with E-state index in [1.54, 1.807) is 0 Å². The molecule has 0 spiro atoms. The number of hydrazine groups is 1. The SMILES string of the molecule is C[C@@H](CNN[C@@H](C)Cc1ccccc1)CN(C)C. The maximum atomic E-state index is 3.37. The lowest BCUT2D eigenvalue weighted by Gasteiger charge is -2.20. The molecule has 0 aromatic heterocycles. The predicted octanol–water partition coefficient (Wildman–Crippen LogP) is 1.91. The summed E-state index contributed by atoms with van der Waals surface area (Å²) in [7, 11) is 4.23. The van der Waals surface area contributed by atoms with Crippen LogP contribution < -0.4 is 10.9 Å². The first-order chi connectivity index (χ1) is 8.58. The van der Waals surface area contributed by atoms with Gasteiger partial charge in [0, 0.05) is 19.1 Å². The summed E-state index contributed by atoms with van der Waals surface area (Å²) in [5.74, 6) is 0.649. The Morgan fingerprint density at radius 3 is 2.39 bits per heavy atom. The van der Waals surface area contributed by atoms with Crippen LogP contribution in [0.15, 0.2) is 30.3 Å². The normalized spacial score (nSPS) is 14.7. The zero-order valence-electron chi connectivity index (χ0n) is 12.1. The summed E-state index contributed by atoms with van der Waals surface area (Å²) in [6.07, 6.45) is 1.05. The highest BCUT2D eigenvalue weighted by Gasteiger charge is 2.05. The molecule has 18 heavy (non-hydrogen) atoms. The van der Waals surface area contributed by atoms with Crippen molar-refractivity contribution in [2.75, 3.05) is 27.2 Å². The Hall–Kier alpha value is -0.900. The molecule has 0 amide bonds. The predicted molar refractivity (Wildman–Crippen MR) is 78.5 cm³/mol. The van der Waals surface area contributed by atoms with E-state index in [1.807, 2.05) is 0 Å². The van der Waals surface area contributed by atoms with Gasteiger partial charge in [0.2, 0.25) is 0 Å². The van der Waals surface area contributed by atoms with Crippen molar-refractivity contribution in [1.29, 1.82) is 0 Å². The number of nitrogens with one attached hydrogen (secondary N) is 2. The van der Waals surface area contributed by atoms with E-state index in [4.69, 9.17) is 0 Å². The van der Waals surface area contributed by atoms with Crippen LogP contribution >= 0.6 is 0 Å². The van der Waals surface area contributed by atoms with Crippen molar-refractivity contribution in [1.82, 2.24) is 15.8 Å². The van der Waals surface area contributed by atoms with Gasteiger partial charge in [0.1, 0.15) is 0 Å². The monoisotopic (exact) mass is 249 g/mol. The van der Waals surface area contributed by atoms with Crippen LogP contribution in [0.1, 0.15) is 19.4 Å². The molecule has 0 fully saturated rings. The van der Waals surface area contributed by atoms with Gasteiger partial charge in [-0.1, -0.05) is 37.3 Å². The van der Waals surface area contributed by atoms with Crippen molar-refractivity contribution in [3.05, 3.63) is 35.9 Å². The van der Waals surface area contributed by atoms with E-state index >= 15 is 0 Å². The Morgan fingerprint density at radius 2 is 1.78 bits per heavy atom. The molecular weight excluding hydrogens is 222 g/mol. The van der Waals surface area contributed by atoms with Crippen LogP contribution in [-0.4, -0.2) is 38.1 Å². The van der Waals surface area contributed by atoms with E-state index in [0.29, 0.717) is 12.0 Å². The van der Waals surface area contributed by atoms with E-state index in [9.17, 15) is 0 Å². The summed E-state index contributed by atoms with van der Waals surface area (Å²) in [5, 5.41) is 0. The Kier molecular flexibility index (Phi) is 6.94. The first kappa shape index (κ1) is 15.2. The molecule has 1 rings (SSSR count). The first-order valence-corrected chi connectivity index (χ1v) is 6.75. The third-order valence-electron chi connectivity index (χ3n) is 2.86. The standard InChI is InChI=1S/C15H27N3/c1-13(12-18(3)4)11-16-17-14(2)10-15-8-6-5-7-9-15/h5-9,13-14,16-17H,10-12H2,1-4H3/t13-,14-/m0/s1. The van der Waals surface area contributed by atoms with Gasteiger partial charge in [0.05, 0.1) is 0 Å². The van der Waals surface area contributed by atoms with Crippen molar-refractivity contribution in [2.24, 2.45) is 5.92 Å². The molecule has 102 valence electrons. The van der Waals surface area contributed by atoms with Gasteiger partial charge in [0.15, 0.2) is 0 Å². The largest absolute Gasteiger partial charge is 0.309 e. The summed E-state index contributed by atoms with van der Waals surface area (Å²) in [4.78, 5) is 2.22. The maximum Gasteiger partial charge on any atom is 0.0225 e. The number of rotatable bonds is 8. The second-order valence-corrected chi connectivity index (χ2v) is 5.48. The molecule has 0 saturated carbocycles. The number of hydrogen-bond acceptors (Lipinski definition) is 3. The fourth-order valence-corrected chi connectivity index (χ4v) is 2.11. The molecule has 0 aliphatic heterocycles. The lowest BCUT2D eigenvalue weighted by Crippen LogP contribution is -2.43. The van der Waals surface area contributed by atoms with Crippen molar-refractivity contribution in [3.8, 4) is 0 Å². The third-order valence-corrected chi connectivity index (χ3v) is 2.86. The van der Waals surface area contributed by atoms with Crippen molar-refractivity contribution in [3.63, 3.8) is 0 Å². The van der Waals surface area contributed by atoms with Crippen molar-refractivity contribution >= 4 is 0 Å². The average molecular weight is 249 g/mol. The van der Waals surface area contributed by atoms with Crippen LogP contribution in [0, 0.1) is 5.92 Å². The minimum absolute atomic E-state index is 0.443. The van der Waals surface area contributed by atoms with Crippen LogP contribution in [0.25, 0.3) is 0 Å². The van der Waals surface area contributed by atoms with Gasteiger partial charge in [-0.05, 0) is 38.9 Å². The minimum atomic E-state index is 0.443. The smallest absolute Gasteiger partial charge is 0.0225 e. The van der Waals surface area contributed by atoms with Crippen LogP contribution in [0.2, 0.25) is 0 Å². The summed E-state index contributed by atoms with van der Waals surface area (Å²) < 4.78 is 0. The van der Waals surface area contributed by atoms with Gasteiger partial charge in [-0.3, -0.25) is 10.9 Å². The van der Waals surface area contributed by atoms with Crippen LogP contribution in [0.5, 0.6) is 0 Å². The molecule has 0 aliphatic carbocycles. The second-order valence-electron chi connectivity index (χ2n) is 5.48.